The monoisotopic (exact) mass is 670 g/mol. The molecule has 3 aromatic heterocycles. The number of rotatable bonds is 5. The van der Waals surface area contributed by atoms with E-state index in [9.17, 15) is 0 Å². The van der Waals surface area contributed by atoms with Gasteiger partial charge in [0.05, 0.1) is 22.8 Å². The molecule has 248 valence electrons. The van der Waals surface area contributed by atoms with Gasteiger partial charge in [-0.25, -0.2) is 0 Å². The summed E-state index contributed by atoms with van der Waals surface area (Å²) < 4.78 is 15.1. The predicted octanol–water partition coefficient (Wildman–Crippen LogP) is 12.9. The average molecular weight is 671 g/mol. The molecule has 1 atom stereocenters. The summed E-state index contributed by atoms with van der Waals surface area (Å²) in [6.07, 6.45) is 14.3. The summed E-state index contributed by atoms with van der Waals surface area (Å²) in [7, 11) is 0. The van der Waals surface area contributed by atoms with Crippen molar-refractivity contribution in [3.05, 3.63) is 175 Å². The molecule has 0 spiro atoms. The molecule has 0 amide bonds. The summed E-state index contributed by atoms with van der Waals surface area (Å²) in [5, 5.41) is 6.02. The Balaban J connectivity index is 1.07. The number of hydrogen-bond donors (Lipinski definition) is 0. The number of furan rings is 2. The minimum atomic E-state index is 0.0842. The third-order valence-electron chi connectivity index (χ3n) is 11.0. The van der Waals surface area contributed by atoms with Crippen molar-refractivity contribution in [1.29, 1.82) is 0 Å². The fourth-order valence-electron chi connectivity index (χ4n) is 8.61. The van der Waals surface area contributed by atoms with Crippen LogP contribution in [-0.4, -0.2) is 10.6 Å². The average Bonchev–Trinajstić information content (AvgIpc) is 3.88. The molecule has 4 heteroatoms. The van der Waals surface area contributed by atoms with Crippen LogP contribution in [0.5, 0.6) is 0 Å². The summed E-state index contributed by atoms with van der Waals surface area (Å²) in [6, 6.07) is 47.9. The predicted molar refractivity (Wildman–Crippen MR) is 216 cm³/mol. The van der Waals surface area contributed by atoms with Crippen molar-refractivity contribution in [1.82, 2.24) is 4.57 Å². The van der Waals surface area contributed by atoms with Gasteiger partial charge in [-0.1, -0.05) is 97.1 Å². The Kier molecular flexibility index (Phi) is 6.47. The van der Waals surface area contributed by atoms with Crippen molar-refractivity contribution in [3.8, 4) is 5.69 Å². The largest absolute Gasteiger partial charge is 0.456 e. The number of allylic oxidation sites excluding steroid dienone is 3. The highest BCUT2D eigenvalue weighted by molar-refractivity contribution is 6.11. The van der Waals surface area contributed by atoms with Crippen LogP contribution in [0.4, 0.5) is 11.4 Å². The van der Waals surface area contributed by atoms with Crippen LogP contribution in [0.25, 0.3) is 72.1 Å². The van der Waals surface area contributed by atoms with Crippen LogP contribution in [0.2, 0.25) is 0 Å². The van der Waals surface area contributed by atoms with Gasteiger partial charge >= 0.3 is 0 Å². The Bertz CT molecular complexity index is 2950. The van der Waals surface area contributed by atoms with E-state index in [2.05, 4.69) is 161 Å². The maximum atomic E-state index is 6.47. The molecule has 0 bridgehead atoms. The molecule has 3 heterocycles. The van der Waals surface area contributed by atoms with Crippen molar-refractivity contribution >= 4 is 77.7 Å². The standard InChI is InChI=1S/C48H34N2O2/c1-2-11-33(12-3-1)50-41-16-7-4-13-36(41)37-28-26-35(30-43(37)50)49(42-17-10-20-46-48(42)40-15-6-9-19-45(40)51-46)34-24-21-31(22-25-34)32-23-27-39-38-14-5-8-18-44(38)52-47(39)29-32/h1-5,7-14,16-24,26-30,34H,6,15,25H2. The number of anilines is 2. The van der Waals surface area contributed by atoms with E-state index in [0.29, 0.717) is 0 Å². The molecule has 0 radical (unpaired) electrons. The number of aryl methyl sites for hydroxylation is 1. The SMILES string of the molecule is C1=Cc2oc3cccc(N(c4ccc5c6ccccc6n(-c6ccccc6)c5c4)C4C=CC(c5ccc6c(c5)oc5ccccc56)=CC4)c3c2CC1. The molecule has 2 aliphatic carbocycles. The summed E-state index contributed by atoms with van der Waals surface area (Å²) in [5.41, 5.74) is 12.3. The molecule has 0 saturated carbocycles. The fraction of sp³-hybridized carbons (Fsp3) is 0.0833. The van der Waals surface area contributed by atoms with Crippen molar-refractivity contribution in [3.63, 3.8) is 0 Å². The van der Waals surface area contributed by atoms with Crippen molar-refractivity contribution in [2.45, 2.75) is 25.3 Å². The van der Waals surface area contributed by atoms with Gasteiger partial charge in [0.15, 0.2) is 0 Å². The second-order valence-electron chi connectivity index (χ2n) is 13.9. The molecule has 11 rings (SSSR count). The molecule has 0 fully saturated rings. The molecule has 52 heavy (non-hydrogen) atoms. The van der Waals surface area contributed by atoms with E-state index < -0.39 is 0 Å². The molecular weight excluding hydrogens is 637 g/mol. The van der Waals surface area contributed by atoms with Gasteiger partial charge in [-0.15, -0.1) is 0 Å². The van der Waals surface area contributed by atoms with Crippen molar-refractivity contribution < 1.29 is 8.83 Å². The molecule has 0 aliphatic heterocycles. The lowest BCUT2D eigenvalue weighted by Crippen LogP contribution is -2.30. The molecule has 0 saturated heterocycles. The molecule has 0 N–H and O–H groups in total. The normalized spacial score (nSPS) is 15.6. The van der Waals surface area contributed by atoms with Crippen molar-refractivity contribution in [2.24, 2.45) is 0 Å². The van der Waals surface area contributed by atoms with E-state index in [4.69, 9.17) is 8.83 Å². The molecule has 2 aliphatic rings. The minimum absolute atomic E-state index is 0.0842. The van der Waals surface area contributed by atoms with Crippen LogP contribution in [0, 0.1) is 0 Å². The lowest BCUT2D eigenvalue weighted by Gasteiger charge is -2.34. The van der Waals surface area contributed by atoms with Crippen LogP contribution in [-0.2, 0) is 6.42 Å². The third-order valence-corrected chi connectivity index (χ3v) is 11.0. The lowest BCUT2D eigenvalue weighted by atomic mass is 9.94. The Labute approximate surface area is 300 Å². The van der Waals surface area contributed by atoms with E-state index in [1.54, 1.807) is 0 Å². The van der Waals surface area contributed by atoms with Gasteiger partial charge in [0.1, 0.15) is 22.5 Å². The topological polar surface area (TPSA) is 34.5 Å². The third kappa shape index (κ3) is 4.47. The summed E-state index contributed by atoms with van der Waals surface area (Å²) in [4.78, 5) is 2.54. The number of aromatic nitrogens is 1. The zero-order valence-electron chi connectivity index (χ0n) is 28.5. The van der Waals surface area contributed by atoms with E-state index in [1.807, 2.05) is 12.1 Å². The van der Waals surface area contributed by atoms with E-state index in [-0.39, 0.29) is 6.04 Å². The highest BCUT2D eigenvalue weighted by Gasteiger charge is 2.27. The van der Waals surface area contributed by atoms with Crippen LogP contribution < -0.4 is 4.90 Å². The molecule has 1 unspecified atom stereocenters. The van der Waals surface area contributed by atoms with Crippen LogP contribution >= 0.6 is 0 Å². The fourth-order valence-corrected chi connectivity index (χ4v) is 8.61. The zero-order chi connectivity index (χ0) is 34.2. The highest BCUT2D eigenvalue weighted by Crippen LogP contribution is 2.44. The van der Waals surface area contributed by atoms with Gasteiger partial charge in [-0.05, 0) is 97.1 Å². The van der Waals surface area contributed by atoms with Crippen LogP contribution in [0.1, 0.15) is 29.7 Å². The first-order chi connectivity index (χ1) is 25.8. The van der Waals surface area contributed by atoms with Gasteiger partial charge in [-0.2, -0.15) is 0 Å². The number of para-hydroxylation sites is 3. The van der Waals surface area contributed by atoms with E-state index >= 15 is 0 Å². The van der Waals surface area contributed by atoms with Gasteiger partial charge in [-0.3, -0.25) is 0 Å². The zero-order valence-corrected chi connectivity index (χ0v) is 28.5. The summed E-state index contributed by atoms with van der Waals surface area (Å²) >= 11 is 0. The maximum absolute atomic E-state index is 6.47. The lowest BCUT2D eigenvalue weighted by molar-refractivity contribution is 0.595. The van der Waals surface area contributed by atoms with Gasteiger partial charge in [0.2, 0.25) is 0 Å². The first-order valence-electron chi connectivity index (χ1n) is 18.2. The first kappa shape index (κ1) is 29.2. The summed E-state index contributed by atoms with van der Waals surface area (Å²) in [5.74, 6) is 0.982. The number of hydrogen-bond acceptors (Lipinski definition) is 3. The highest BCUT2D eigenvalue weighted by atomic mass is 16.3. The Hall–Kier alpha value is -6.52. The van der Waals surface area contributed by atoms with Crippen molar-refractivity contribution in [2.75, 3.05) is 4.90 Å². The maximum Gasteiger partial charge on any atom is 0.137 e. The number of benzene rings is 6. The van der Waals surface area contributed by atoms with Crippen LogP contribution in [0.15, 0.2) is 167 Å². The molecular formula is C48H34N2O2. The molecule has 6 aromatic carbocycles. The Morgan fingerprint density at radius 1 is 0.615 bits per heavy atom. The van der Waals surface area contributed by atoms with Gasteiger partial charge < -0.3 is 18.3 Å². The second-order valence-corrected chi connectivity index (χ2v) is 13.9. The Morgan fingerprint density at radius 2 is 1.40 bits per heavy atom. The molecule has 9 aromatic rings. The van der Waals surface area contributed by atoms with Gasteiger partial charge in [0.25, 0.3) is 0 Å². The van der Waals surface area contributed by atoms with Gasteiger partial charge in [0, 0.05) is 43.9 Å². The Morgan fingerprint density at radius 3 is 2.31 bits per heavy atom. The quantitative estimate of drug-likeness (QED) is 0.183. The number of fused-ring (bicyclic) bond motifs is 9. The van der Waals surface area contributed by atoms with Crippen LogP contribution in [0.3, 0.4) is 0 Å². The smallest absolute Gasteiger partial charge is 0.137 e. The summed E-state index contributed by atoms with van der Waals surface area (Å²) in [6.45, 7) is 0. The second kappa shape index (κ2) is 11.5. The number of nitrogens with zero attached hydrogens (tertiary/aromatic N) is 2. The van der Waals surface area contributed by atoms with E-state index in [0.717, 1.165) is 63.9 Å². The minimum Gasteiger partial charge on any atom is -0.456 e. The molecule has 4 nitrogen and oxygen atoms in total. The van der Waals surface area contributed by atoms with E-state index in [1.165, 1.54) is 49.6 Å². The first-order valence-corrected chi connectivity index (χ1v) is 18.2.